The molecule has 0 amide bonds. The molecule has 0 saturated heterocycles. The second-order valence-corrected chi connectivity index (χ2v) is 4.81. The quantitative estimate of drug-likeness (QED) is 0.780. The van der Waals surface area contributed by atoms with Gasteiger partial charge in [0.15, 0.2) is 0 Å². The SMILES string of the molecule is CCc1ccc2nc(-c3cn(C)nc3CC)[nH]c2c1. The largest absolute Gasteiger partial charge is 0.338 e. The van der Waals surface area contributed by atoms with Crippen molar-refractivity contribution in [3.05, 3.63) is 35.7 Å². The number of aromatic nitrogens is 4. The molecule has 0 fully saturated rings. The van der Waals surface area contributed by atoms with Gasteiger partial charge in [-0.25, -0.2) is 4.98 Å². The maximum absolute atomic E-state index is 4.67. The molecule has 2 aromatic heterocycles. The van der Waals surface area contributed by atoms with E-state index in [1.807, 2.05) is 17.9 Å². The van der Waals surface area contributed by atoms with E-state index in [9.17, 15) is 0 Å². The van der Waals surface area contributed by atoms with Gasteiger partial charge in [0.1, 0.15) is 5.82 Å². The monoisotopic (exact) mass is 254 g/mol. The van der Waals surface area contributed by atoms with Crippen molar-refractivity contribution in [2.45, 2.75) is 26.7 Å². The van der Waals surface area contributed by atoms with Gasteiger partial charge in [0.05, 0.1) is 22.3 Å². The van der Waals surface area contributed by atoms with E-state index in [-0.39, 0.29) is 0 Å². The van der Waals surface area contributed by atoms with Crippen LogP contribution in [0.2, 0.25) is 0 Å². The Hall–Kier alpha value is -2.10. The topological polar surface area (TPSA) is 46.5 Å². The standard InChI is InChI=1S/C15H18N4/c1-4-10-6-7-13-14(8-10)17-15(16-13)11-9-19(3)18-12(11)5-2/h6-9H,4-5H2,1-3H3,(H,16,17). The molecular formula is C15H18N4. The first-order chi connectivity index (χ1) is 9.21. The Morgan fingerprint density at radius 2 is 2.05 bits per heavy atom. The molecule has 1 N–H and O–H groups in total. The second-order valence-electron chi connectivity index (χ2n) is 4.81. The third kappa shape index (κ3) is 2.03. The van der Waals surface area contributed by atoms with Crippen LogP contribution in [0.15, 0.2) is 24.4 Å². The third-order valence-corrected chi connectivity index (χ3v) is 3.45. The Bertz CT molecular complexity index is 721. The van der Waals surface area contributed by atoms with Gasteiger partial charge < -0.3 is 4.98 Å². The van der Waals surface area contributed by atoms with Gasteiger partial charge in [-0.3, -0.25) is 4.68 Å². The van der Waals surface area contributed by atoms with Gasteiger partial charge in [-0.2, -0.15) is 5.10 Å². The van der Waals surface area contributed by atoms with Crippen molar-refractivity contribution in [2.24, 2.45) is 7.05 Å². The fourth-order valence-electron chi connectivity index (χ4n) is 2.40. The van der Waals surface area contributed by atoms with Crippen LogP contribution in [0.3, 0.4) is 0 Å². The van der Waals surface area contributed by atoms with Gasteiger partial charge in [0.2, 0.25) is 0 Å². The van der Waals surface area contributed by atoms with Gasteiger partial charge in [-0.1, -0.05) is 19.9 Å². The Morgan fingerprint density at radius 1 is 1.21 bits per heavy atom. The summed E-state index contributed by atoms with van der Waals surface area (Å²) < 4.78 is 1.85. The van der Waals surface area contributed by atoms with E-state index in [1.54, 1.807) is 0 Å². The van der Waals surface area contributed by atoms with E-state index in [4.69, 9.17) is 0 Å². The lowest BCUT2D eigenvalue weighted by Crippen LogP contribution is -1.89. The van der Waals surface area contributed by atoms with E-state index in [0.717, 1.165) is 41.0 Å². The highest BCUT2D eigenvalue weighted by atomic mass is 15.3. The maximum atomic E-state index is 4.67. The van der Waals surface area contributed by atoms with Crippen LogP contribution in [0.1, 0.15) is 25.1 Å². The second kappa shape index (κ2) is 4.53. The van der Waals surface area contributed by atoms with Gasteiger partial charge in [0, 0.05) is 13.2 Å². The number of aryl methyl sites for hydroxylation is 3. The number of hydrogen-bond acceptors (Lipinski definition) is 2. The lowest BCUT2D eigenvalue weighted by molar-refractivity contribution is 0.746. The number of fused-ring (bicyclic) bond motifs is 1. The van der Waals surface area contributed by atoms with E-state index in [0.29, 0.717) is 0 Å². The van der Waals surface area contributed by atoms with Crippen molar-refractivity contribution < 1.29 is 0 Å². The van der Waals surface area contributed by atoms with Crippen molar-refractivity contribution in [1.82, 2.24) is 19.7 Å². The summed E-state index contributed by atoms with van der Waals surface area (Å²) in [5.41, 5.74) is 5.61. The molecule has 3 rings (SSSR count). The summed E-state index contributed by atoms with van der Waals surface area (Å²) in [5, 5.41) is 4.47. The number of benzene rings is 1. The van der Waals surface area contributed by atoms with E-state index < -0.39 is 0 Å². The van der Waals surface area contributed by atoms with Gasteiger partial charge in [-0.15, -0.1) is 0 Å². The number of nitrogens with one attached hydrogen (secondary N) is 1. The average molecular weight is 254 g/mol. The van der Waals surface area contributed by atoms with Crippen LogP contribution in [0.4, 0.5) is 0 Å². The lowest BCUT2D eigenvalue weighted by atomic mass is 10.1. The Balaban J connectivity index is 2.14. The summed E-state index contributed by atoms with van der Waals surface area (Å²) >= 11 is 0. The predicted octanol–water partition coefficient (Wildman–Crippen LogP) is 3.09. The van der Waals surface area contributed by atoms with Gasteiger partial charge in [0.25, 0.3) is 0 Å². The molecule has 19 heavy (non-hydrogen) atoms. The highest BCUT2D eigenvalue weighted by molar-refractivity contribution is 5.80. The molecule has 0 aliphatic rings. The Morgan fingerprint density at radius 3 is 2.79 bits per heavy atom. The molecule has 0 atom stereocenters. The molecule has 0 radical (unpaired) electrons. The van der Waals surface area contributed by atoms with Crippen LogP contribution in [0, 0.1) is 0 Å². The minimum atomic E-state index is 0.910. The van der Waals surface area contributed by atoms with Crippen LogP contribution in [0.25, 0.3) is 22.4 Å². The highest BCUT2D eigenvalue weighted by Gasteiger charge is 2.12. The fraction of sp³-hybridized carbons (Fsp3) is 0.333. The molecule has 1 aromatic carbocycles. The number of nitrogens with zero attached hydrogens (tertiary/aromatic N) is 3. The molecular weight excluding hydrogens is 236 g/mol. The molecule has 4 nitrogen and oxygen atoms in total. The molecule has 0 saturated carbocycles. The zero-order valence-corrected chi connectivity index (χ0v) is 11.6. The summed E-state index contributed by atoms with van der Waals surface area (Å²) in [7, 11) is 1.94. The van der Waals surface area contributed by atoms with E-state index in [2.05, 4.69) is 47.1 Å². The van der Waals surface area contributed by atoms with Gasteiger partial charge >= 0.3 is 0 Å². The number of rotatable bonds is 3. The first-order valence-corrected chi connectivity index (χ1v) is 6.72. The molecule has 0 bridgehead atoms. The van der Waals surface area contributed by atoms with Crippen molar-refractivity contribution in [1.29, 1.82) is 0 Å². The number of H-pyrrole nitrogens is 1. The Kier molecular flexibility index (Phi) is 2.85. The van der Waals surface area contributed by atoms with Crippen molar-refractivity contribution in [2.75, 3.05) is 0 Å². The number of aromatic amines is 1. The highest BCUT2D eigenvalue weighted by Crippen LogP contribution is 2.24. The van der Waals surface area contributed by atoms with Crippen molar-refractivity contribution in [3.63, 3.8) is 0 Å². The first-order valence-electron chi connectivity index (χ1n) is 6.72. The maximum Gasteiger partial charge on any atom is 0.141 e. The zero-order chi connectivity index (χ0) is 13.4. The van der Waals surface area contributed by atoms with Crippen LogP contribution >= 0.6 is 0 Å². The predicted molar refractivity (Wildman–Crippen MR) is 77.1 cm³/mol. The molecule has 0 spiro atoms. The minimum absolute atomic E-state index is 0.910. The molecule has 0 unspecified atom stereocenters. The van der Waals surface area contributed by atoms with Crippen molar-refractivity contribution >= 4 is 11.0 Å². The molecule has 0 aliphatic heterocycles. The van der Waals surface area contributed by atoms with Crippen LogP contribution < -0.4 is 0 Å². The van der Waals surface area contributed by atoms with Crippen LogP contribution in [-0.4, -0.2) is 19.7 Å². The third-order valence-electron chi connectivity index (χ3n) is 3.45. The molecule has 2 heterocycles. The zero-order valence-electron chi connectivity index (χ0n) is 11.6. The van der Waals surface area contributed by atoms with E-state index >= 15 is 0 Å². The molecule has 4 heteroatoms. The summed E-state index contributed by atoms with van der Waals surface area (Å²) in [4.78, 5) is 8.08. The molecule has 98 valence electrons. The minimum Gasteiger partial charge on any atom is -0.338 e. The van der Waals surface area contributed by atoms with Crippen LogP contribution in [0.5, 0.6) is 0 Å². The van der Waals surface area contributed by atoms with Crippen LogP contribution in [-0.2, 0) is 19.9 Å². The summed E-state index contributed by atoms with van der Waals surface area (Å²) in [5.74, 6) is 0.910. The average Bonchev–Trinajstić information content (AvgIpc) is 3.00. The molecule has 3 aromatic rings. The number of imidazole rings is 1. The first kappa shape index (κ1) is 12.0. The Labute approximate surface area is 112 Å². The summed E-state index contributed by atoms with van der Waals surface area (Å²) in [6.45, 7) is 4.28. The molecule has 0 aliphatic carbocycles. The lowest BCUT2D eigenvalue weighted by Gasteiger charge is -1.94. The fourth-order valence-corrected chi connectivity index (χ4v) is 2.40. The summed E-state index contributed by atoms with van der Waals surface area (Å²) in [6, 6.07) is 6.39. The normalized spacial score (nSPS) is 11.3. The van der Waals surface area contributed by atoms with Crippen molar-refractivity contribution in [3.8, 4) is 11.4 Å². The number of hydrogen-bond donors (Lipinski definition) is 1. The van der Waals surface area contributed by atoms with Gasteiger partial charge in [-0.05, 0) is 30.5 Å². The van der Waals surface area contributed by atoms with E-state index in [1.165, 1.54) is 5.56 Å². The smallest absolute Gasteiger partial charge is 0.141 e. The summed E-state index contributed by atoms with van der Waals surface area (Å²) in [6.07, 6.45) is 3.97.